The first-order chi connectivity index (χ1) is 9.93. The zero-order valence-corrected chi connectivity index (χ0v) is 12.3. The van der Waals surface area contributed by atoms with Crippen LogP contribution in [0.2, 0.25) is 0 Å². The molecule has 0 aliphatic carbocycles. The number of anilines is 2. The lowest BCUT2D eigenvalue weighted by Gasteiger charge is -2.09. The molecule has 0 aliphatic heterocycles. The van der Waals surface area contributed by atoms with Gasteiger partial charge in [-0.1, -0.05) is 0 Å². The number of nitrogens with one attached hydrogen (secondary N) is 2. The summed E-state index contributed by atoms with van der Waals surface area (Å²) >= 11 is 0. The lowest BCUT2D eigenvalue weighted by molar-refractivity contribution is 0.601. The molecular formula is C13H13N5O2S. The van der Waals surface area contributed by atoms with E-state index >= 15 is 0 Å². The fourth-order valence-electron chi connectivity index (χ4n) is 1.98. The molecule has 0 radical (unpaired) electrons. The van der Waals surface area contributed by atoms with Crippen LogP contribution in [0.4, 0.5) is 11.5 Å². The Hall–Kier alpha value is -2.48. The van der Waals surface area contributed by atoms with E-state index in [1.54, 1.807) is 19.3 Å². The van der Waals surface area contributed by atoms with Gasteiger partial charge < -0.3 is 10.3 Å². The number of fused-ring (bicyclic) bond motifs is 1. The molecule has 1 aromatic carbocycles. The summed E-state index contributed by atoms with van der Waals surface area (Å²) in [6, 6.07) is 6.97. The van der Waals surface area contributed by atoms with E-state index in [2.05, 4.69) is 25.5 Å². The predicted octanol–water partition coefficient (Wildman–Crippen LogP) is 1.81. The molecule has 0 amide bonds. The summed E-state index contributed by atoms with van der Waals surface area (Å²) in [6.45, 7) is 1.70. The van der Waals surface area contributed by atoms with E-state index in [9.17, 15) is 8.42 Å². The molecule has 0 bridgehead atoms. The number of sulfone groups is 1. The van der Waals surface area contributed by atoms with E-state index < -0.39 is 9.84 Å². The molecular weight excluding hydrogens is 290 g/mol. The molecule has 0 fully saturated rings. The van der Waals surface area contributed by atoms with Crippen molar-refractivity contribution in [3.63, 3.8) is 0 Å². The van der Waals surface area contributed by atoms with Crippen molar-refractivity contribution in [3.8, 4) is 0 Å². The number of aromatic nitrogens is 4. The molecule has 21 heavy (non-hydrogen) atoms. The maximum atomic E-state index is 11.8. The minimum atomic E-state index is -3.39. The van der Waals surface area contributed by atoms with Crippen LogP contribution in [-0.4, -0.2) is 34.8 Å². The summed E-state index contributed by atoms with van der Waals surface area (Å²) < 4.78 is 23.7. The number of hydrogen-bond acceptors (Lipinski definition) is 6. The number of benzene rings is 1. The third kappa shape index (κ3) is 2.70. The van der Waals surface area contributed by atoms with Crippen LogP contribution in [0.5, 0.6) is 0 Å². The molecule has 7 nitrogen and oxygen atoms in total. The first-order valence-electron chi connectivity index (χ1n) is 6.18. The largest absolute Gasteiger partial charge is 0.345 e. The second-order valence-corrected chi connectivity index (χ2v) is 6.71. The standard InChI is InChI=1S/C13H13N5O2S/c1-8-5-12(21(2,19)20)13(18-17-8)16-9-3-4-10-11(6-9)15-7-14-10/h3-7H,1-2H3,(H,14,15)(H,16,18). The van der Waals surface area contributed by atoms with Gasteiger partial charge in [-0.2, -0.15) is 5.10 Å². The van der Waals surface area contributed by atoms with Crippen molar-refractivity contribution < 1.29 is 8.42 Å². The Morgan fingerprint density at radius 2 is 2.00 bits per heavy atom. The highest BCUT2D eigenvalue weighted by Crippen LogP contribution is 2.24. The molecule has 2 N–H and O–H groups in total. The van der Waals surface area contributed by atoms with Gasteiger partial charge in [0.1, 0.15) is 4.90 Å². The SMILES string of the molecule is Cc1cc(S(C)(=O)=O)c(Nc2ccc3[nH]cnc3c2)nn1. The van der Waals surface area contributed by atoms with Gasteiger partial charge in [0.05, 0.1) is 23.1 Å². The van der Waals surface area contributed by atoms with Gasteiger partial charge in [-0.05, 0) is 31.2 Å². The van der Waals surface area contributed by atoms with Crippen molar-refractivity contribution in [1.29, 1.82) is 0 Å². The Balaban J connectivity index is 2.05. The van der Waals surface area contributed by atoms with E-state index in [4.69, 9.17) is 0 Å². The first-order valence-corrected chi connectivity index (χ1v) is 8.07. The van der Waals surface area contributed by atoms with Crippen LogP contribution >= 0.6 is 0 Å². The molecule has 0 saturated heterocycles. The number of rotatable bonds is 3. The fraction of sp³-hybridized carbons (Fsp3) is 0.154. The Labute approximate surface area is 121 Å². The maximum Gasteiger partial charge on any atom is 0.179 e. The predicted molar refractivity (Wildman–Crippen MR) is 79.3 cm³/mol. The van der Waals surface area contributed by atoms with Crippen LogP contribution in [0.25, 0.3) is 11.0 Å². The van der Waals surface area contributed by atoms with Crippen LogP contribution < -0.4 is 5.32 Å². The van der Waals surface area contributed by atoms with Gasteiger partial charge in [-0.3, -0.25) is 0 Å². The van der Waals surface area contributed by atoms with Crippen molar-refractivity contribution in [1.82, 2.24) is 20.2 Å². The van der Waals surface area contributed by atoms with E-state index in [0.29, 0.717) is 11.4 Å². The highest BCUT2D eigenvalue weighted by molar-refractivity contribution is 7.90. The van der Waals surface area contributed by atoms with Gasteiger partial charge >= 0.3 is 0 Å². The zero-order chi connectivity index (χ0) is 15.0. The smallest absolute Gasteiger partial charge is 0.179 e. The summed E-state index contributed by atoms with van der Waals surface area (Å²) in [5.41, 5.74) is 2.92. The van der Waals surface area contributed by atoms with E-state index in [1.807, 2.05) is 12.1 Å². The normalized spacial score (nSPS) is 11.7. The monoisotopic (exact) mass is 303 g/mol. The molecule has 0 atom stereocenters. The van der Waals surface area contributed by atoms with Crippen LogP contribution in [0.15, 0.2) is 35.5 Å². The molecule has 3 rings (SSSR count). The number of H-pyrrole nitrogens is 1. The van der Waals surface area contributed by atoms with Crippen LogP contribution in [0, 0.1) is 6.92 Å². The summed E-state index contributed by atoms with van der Waals surface area (Å²) in [7, 11) is -3.39. The van der Waals surface area contributed by atoms with Gasteiger partial charge in [-0.25, -0.2) is 13.4 Å². The summed E-state index contributed by atoms with van der Waals surface area (Å²) in [5.74, 6) is 0.206. The number of hydrogen-bond donors (Lipinski definition) is 2. The molecule has 2 heterocycles. The minimum Gasteiger partial charge on any atom is -0.345 e. The molecule has 0 unspecified atom stereocenters. The van der Waals surface area contributed by atoms with Crippen molar-refractivity contribution in [2.75, 3.05) is 11.6 Å². The maximum absolute atomic E-state index is 11.8. The minimum absolute atomic E-state index is 0.122. The van der Waals surface area contributed by atoms with Gasteiger partial charge in [0, 0.05) is 11.9 Å². The highest BCUT2D eigenvalue weighted by Gasteiger charge is 2.16. The first kappa shape index (κ1) is 13.5. The van der Waals surface area contributed by atoms with Gasteiger partial charge in [0.15, 0.2) is 15.7 Å². The fourth-order valence-corrected chi connectivity index (χ4v) is 2.81. The second kappa shape index (κ2) is 4.81. The molecule has 2 aromatic heterocycles. The lowest BCUT2D eigenvalue weighted by atomic mass is 10.2. The molecule has 3 aromatic rings. The van der Waals surface area contributed by atoms with Crippen LogP contribution in [-0.2, 0) is 9.84 Å². The average molecular weight is 303 g/mol. The average Bonchev–Trinajstić information content (AvgIpc) is 2.87. The van der Waals surface area contributed by atoms with Crippen molar-refractivity contribution in [2.45, 2.75) is 11.8 Å². The van der Waals surface area contributed by atoms with E-state index in [-0.39, 0.29) is 10.7 Å². The molecule has 0 aliphatic rings. The lowest BCUT2D eigenvalue weighted by Crippen LogP contribution is -2.07. The van der Waals surface area contributed by atoms with Gasteiger partial charge in [-0.15, -0.1) is 5.10 Å². The van der Waals surface area contributed by atoms with E-state index in [1.165, 1.54) is 6.07 Å². The molecule has 0 spiro atoms. The van der Waals surface area contributed by atoms with Gasteiger partial charge in [0.2, 0.25) is 0 Å². The Morgan fingerprint density at radius 3 is 2.76 bits per heavy atom. The number of aromatic amines is 1. The third-order valence-corrected chi connectivity index (χ3v) is 4.07. The molecule has 108 valence electrons. The second-order valence-electron chi connectivity index (χ2n) is 4.73. The topological polar surface area (TPSA) is 101 Å². The Kier molecular flexibility index (Phi) is 3.09. The number of imidazole rings is 1. The van der Waals surface area contributed by atoms with Crippen molar-refractivity contribution in [3.05, 3.63) is 36.3 Å². The van der Waals surface area contributed by atoms with E-state index in [0.717, 1.165) is 17.3 Å². The number of aryl methyl sites for hydroxylation is 1. The summed E-state index contributed by atoms with van der Waals surface area (Å²) in [5, 5.41) is 10.8. The van der Waals surface area contributed by atoms with Crippen molar-refractivity contribution >= 4 is 32.4 Å². The summed E-state index contributed by atoms with van der Waals surface area (Å²) in [4.78, 5) is 7.27. The molecule has 8 heteroatoms. The zero-order valence-electron chi connectivity index (χ0n) is 11.5. The highest BCUT2D eigenvalue weighted by atomic mass is 32.2. The Bertz CT molecular complexity index is 917. The van der Waals surface area contributed by atoms with Crippen molar-refractivity contribution in [2.24, 2.45) is 0 Å². The van der Waals surface area contributed by atoms with Crippen LogP contribution in [0.1, 0.15) is 5.69 Å². The quantitative estimate of drug-likeness (QED) is 0.765. The van der Waals surface area contributed by atoms with Gasteiger partial charge in [0.25, 0.3) is 0 Å². The third-order valence-electron chi connectivity index (χ3n) is 2.96. The van der Waals surface area contributed by atoms with Crippen LogP contribution in [0.3, 0.4) is 0 Å². The Morgan fingerprint density at radius 1 is 1.19 bits per heavy atom. The number of nitrogens with zero attached hydrogens (tertiary/aromatic N) is 3. The molecule has 0 saturated carbocycles. The summed E-state index contributed by atoms with van der Waals surface area (Å²) in [6.07, 6.45) is 2.74.